The first kappa shape index (κ1) is 30.9. The van der Waals surface area contributed by atoms with Crippen LogP contribution >= 0.6 is 11.6 Å². The minimum Gasteiger partial charge on any atom is -0.477 e. The Hall–Kier alpha value is -3.06. The van der Waals surface area contributed by atoms with Crippen LogP contribution in [-0.2, 0) is 14.6 Å². The number of piperidine rings is 1. The zero-order valence-corrected chi connectivity index (χ0v) is 24.5. The Morgan fingerprint density at radius 3 is 2.29 bits per heavy atom. The highest BCUT2D eigenvalue weighted by Crippen LogP contribution is 2.39. The van der Waals surface area contributed by atoms with Crippen molar-refractivity contribution in [3.8, 4) is 5.75 Å². The third-order valence-electron chi connectivity index (χ3n) is 7.40. The molecule has 2 bridgehead atoms. The highest BCUT2D eigenvalue weighted by atomic mass is 35.5. The van der Waals surface area contributed by atoms with E-state index in [-0.39, 0.29) is 39.4 Å². The zero-order valence-electron chi connectivity index (χ0n) is 23.0. The summed E-state index contributed by atoms with van der Waals surface area (Å²) >= 11 is 5.97. The van der Waals surface area contributed by atoms with Gasteiger partial charge >= 0.3 is 6.18 Å². The Morgan fingerprint density at radius 2 is 1.76 bits per heavy atom. The van der Waals surface area contributed by atoms with Crippen LogP contribution in [-0.4, -0.2) is 67.4 Å². The molecule has 0 radical (unpaired) electrons. The molecule has 9 nitrogen and oxygen atoms in total. The number of nitrogens with zero attached hydrogens (tertiary/aromatic N) is 2. The van der Waals surface area contributed by atoms with Gasteiger partial charge in [-0.25, -0.2) is 13.4 Å². The SMILES string of the molecule is C[C@H](NC(=O)c1ccc(N2[C@@H]3CC[C@H]2CC(NC(=O)C(C)(C)Oc2ccc(Cl)cc2S(C)(=O)=O)C3)nc1)C(F)(F)F. The van der Waals surface area contributed by atoms with Gasteiger partial charge < -0.3 is 20.3 Å². The number of aromatic nitrogens is 1. The average molecular weight is 617 g/mol. The molecule has 3 heterocycles. The second-order valence-corrected chi connectivity index (χ2v) is 13.5. The van der Waals surface area contributed by atoms with Crippen molar-refractivity contribution in [2.45, 2.75) is 87.3 Å². The third kappa shape index (κ3) is 7.06. The Bertz CT molecular complexity index is 1410. The van der Waals surface area contributed by atoms with Gasteiger partial charge in [-0.3, -0.25) is 9.59 Å². The molecule has 4 rings (SSSR count). The van der Waals surface area contributed by atoms with Gasteiger partial charge in [-0.2, -0.15) is 13.2 Å². The first-order valence-electron chi connectivity index (χ1n) is 13.1. The zero-order chi connectivity index (χ0) is 30.3. The molecular weight excluding hydrogens is 585 g/mol. The van der Waals surface area contributed by atoms with Crippen molar-refractivity contribution < 1.29 is 35.9 Å². The van der Waals surface area contributed by atoms with Crippen molar-refractivity contribution >= 4 is 39.1 Å². The fourth-order valence-corrected chi connectivity index (χ4v) is 6.29. The molecule has 0 aliphatic carbocycles. The van der Waals surface area contributed by atoms with Crippen LogP contribution in [0.5, 0.6) is 5.75 Å². The normalized spacial score (nSPS) is 21.8. The van der Waals surface area contributed by atoms with E-state index in [2.05, 4.69) is 15.2 Å². The number of carbonyl (C=O) groups excluding carboxylic acids is 2. The summed E-state index contributed by atoms with van der Waals surface area (Å²) in [6.45, 7) is 3.99. The molecule has 2 amide bonds. The standard InChI is InChI=1S/C27H32ClF3N4O5S/c1-15(27(29,30)31)33-24(36)16-5-10-23(32-14-16)35-19-7-8-20(35)13-18(12-19)34-25(37)26(2,3)40-21-9-6-17(28)11-22(21)41(4,38)39/h5-6,9-11,14-15,18-20H,7-8,12-13H2,1-4H3,(H,33,36)(H,34,37)/t15-,18?,19-,20+/m0/s1. The lowest BCUT2D eigenvalue weighted by Crippen LogP contribution is -2.55. The molecule has 224 valence electrons. The number of carbonyl (C=O) groups is 2. The number of amides is 2. The number of anilines is 1. The van der Waals surface area contributed by atoms with Gasteiger partial charge in [0.25, 0.3) is 11.8 Å². The van der Waals surface area contributed by atoms with E-state index in [1.54, 1.807) is 19.9 Å². The van der Waals surface area contributed by atoms with Crippen LogP contribution in [0.1, 0.15) is 56.8 Å². The summed E-state index contributed by atoms with van der Waals surface area (Å²) in [6.07, 6.45) is 0.745. The second kappa shape index (κ2) is 11.3. The number of pyridine rings is 1. The summed E-state index contributed by atoms with van der Waals surface area (Å²) < 4.78 is 68.7. The molecule has 2 aromatic rings. The molecule has 1 aromatic heterocycles. The minimum atomic E-state index is -4.54. The lowest BCUT2D eigenvalue weighted by atomic mass is 9.96. The van der Waals surface area contributed by atoms with E-state index in [9.17, 15) is 31.2 Å². The highest BCUT2D eigenvalue weighted by Gasteiger charge is 2.43. The lowest BCUT2D eigenvalue weighted by molar-refractivity contribution is -0.149. The van der Waals surface area contributed by atoms with Crippen LogP contribution in [0.15, 0.2) is 41.4 Å². The summed E-state index contributed by atoms with van der Waals surface area (Å²) in [5, 5.41) is 5.20. The van der Waals surface area contributed by atoms with Crippen LogP contribution in [0.25, 0.3) is 0 Å². The van der Waals surface area contributed by atoms with Crippen LogP contribution in [0.3, 0.4) is 0 Å². The smallest absolute Gasteiger partial charge is 0.408 e. The summed E-state index contributed by atoms with van der Waals surface area (Å²) in [4.78, 5) is 31.8. The summed E-state index contributed by atoms with van der Waals surface area (Å²) in [5.74, 6) is -0.609. The van der Waals surface area contributed by atoms with Crippen molar-refractivity contribution in [1.82, 2.24) is 15.6 Å². The number of hydrogen-bond acceptors (Lipinski definition) is 7. The van der Waals surface area contributed by atoms with E-state index < -0.39 is 39.5 Å². The van der Waals surface area contributed by atoms with E-state index >= 15 is 0 Å². The Labute approximate surface area is 241 Å². The number of fused-ring (bicyclic) bond motifs is 2. The summed E-state index contributed by atoms with van der Waals surface area (Å²) in [5.41, 5.74) is -1.35. The Morgan fingerprint density at radius 1 is 1.12 bits per heavy atom. The van der Waals surface area contributed by atoms with E-state index in [1.165, 1.54) is 30.5 Å². The van der Waals surface area contributed by atoms with Crippen LogP contribution in [0.4, 0.5) is 19.0 Å². The number of hydrogen-bond donors (Lipinski definition) is 2. The molecule has 2 aliphatic heterocycles. The van der Waals surface area contributed by atoms with Gasteiger partial charge in [-0.05, 0) is 76.8 Å². The molecule has 0 saturated carbocycles. The van der Waals surface area contributed by atoms with Gasteiger partial charge in [0.05, 0.1) is 5.56 Å². The van der Waals surface area contributed by atoms with Crippen LogP contribution < -0.4 is 20.3 Å². The van der Waals surface area contributed by atoms with Gasteiger partial charge in [0.2, 0.25) is 0 Å². The Balaban J connectivity index is 1.39. The van der Waals surface area contributed by atoms with Crippen molar-refractivity contribution in [2.24, 2.45) is 0 Å². The molecule has 14 heteroatoms. The molecule has 41 heavy (non-hydrogen) atoms. The van der Waals surface area contributed by atoms with Gasteiger partial charge in [-0.1, -0.05) is 11.6 Å². The number of rotatable bonds is 8. The largest absolute Gasteiger partial charge is 0.477 e. The van der Waals surface area contributed by atoms with E-state index in [1.807, 2.05) is 5.32 Å². The fraction of sp³-hybridized carbons (Fsp3) is 0.519. The number of ether oxygens (including phenoxy) is 1. The third-order valence-corrected chi connectivity index (χ3v) is 8.75. The quantitative estimate of drug-likeness (QED) is 0.454. The van der Waals surface area contributed by atoms with Crippen LogP contribution in [0, 0.1) is 0 Å². The molecule has 2 N–H and O–H groups in total. The van der Waals surface area contributed by atoms with Crippen molar-refractivity contribution in [3.63, 3.8) is 0 Å². The van der Waals surface area contributed by atoms with Gasteiger partial charge in [0, 0.05) is 35.6 Å². The molecule has 1 unspecified atom stereocenters. The van der Waals surface area contributed by atoms with E-state index in [0.29, 0.717) is 18.7 Å². The predicted molar refractivity (Wildman–Crippen MR) is 147 cm³/mol. The number of alkyl halides is 3. The van der Waals surface area contributed by atoms with Crippen molar-refractivity contribution in [2.75, 3.05) is 11.2 Å². The first-order chi connectivity index (χ1) is 19.0. The fourth-order valence-electron chi connectivity index (χ4n) is 5.24. The highest BCUT2D eigenvalue weighted by molar-refractivity contribution is 7.90. The molecule has 1 aromatic carbocycles. The molecule has 2 aliphatic rings. The summed E-state index contributed by atoms with van der Waals surface area (Å²) in [6, 6.07) is 5.26. The van der Waals surface area contributed by atoms with Gasteiger partial charge in [-0.15, -0.1) is 0 Å². The Kier molecular flexibility index (Phi) is 8.52. The summed E-state index contributed by atoms with van der Waals surface area (Å²) in [7, 11) is -3.66. The molecule has 4 atom stereocenters. The maximum atomic E-state index is 13.2. The molecular formula is C27H32ClF3N4O5S. The number of benzene rings is 1. The van der Waals surface area contributed by atoms with Gasteiger partial charge in [0.15, 0.2) is 15.4 Å². The van der Waals surface area contributed by atoms with Crippen LogP contribution in [0.2, 0.25) is 5.02 Å². The maximum absolute atomic E-state index is 13.2. The van der Waals surface area contributed by atoms with Crippen molar-refractivity contribution in [1.29, 1.82) is 0 Å². The average Bonchev–Trinajstić information content (AvgIpc) is 3.13. The topological polar surface area (TPSA) is 118 Å². The number of nitrogens with one attached hydrogen (secondary N) is 2. The van der Waals surface area contributed by atoms with Gasteiger partial charge in [0.1, 0.15) is 22.5 Å². The minimum absolute atomic E-state index is 0.0290. The maximum Gasteiger partial charge on any atom is 0.408 e. The molecule has 0 spiro atoms. The predicted octanol–water partition coefficient (Wildman–Crippen LogP) is 4.29. The first-order valence-corrected chi connectivity index (χ1v) is 15.3. The second-order valence-electron chi connectivity index (χ2n) is 11.1. The molecule has 2 fully saturated rings. The van der Waals surface area contributed by atoms with E-state index in [0.717, 1.165) is 26.0 Å². The number of halogens is 4. The monoisotopic (exact) mass is 616 g/mol. The molecule has 2 saturated heterocycles. The van der Waals surface area contributed by atoms with Crippen molar-refractivity contribution in [3.05, 3.63) is 47.1 Å². The number of sulfone groups is 1. The lowest BCUT2D eigenvalue weighted by Gasteiger charge is -2.41. The van der Waals surface area contributed by atoms with E-state index in [4.69, 9.17) is 16.3 Å².